The second-order valence-corrected chi connectivity index (χ2v) is 5.87. The van der Waals surface area contributed by atoms with Crippen LogP contribution in [0.2, 0.25) is 0 Å². The molecule has 2 rings (SSSR count). The third kappa shape index (κ3) is 10.9. The minimum atomic E-state index is 0.741. The van der Waals surface area contributed by atoms with Gasteiger partial charge in [-0.2, -0.15) is 0 Å². The molecular formula is C20H31N5O. The lowest BCUT2D eigenvalue weighted by Crippen LogP contribution is -2.12. The second-order valence-electron chi connectivity index (χ2n) is 5.87. The molecule has 6 nitrogen and oxygen atoms in total. The number of H-pyrrole nitrogens is 1. The van der Waals surface area contributed by atoms with Crippen molar-refractivity contribution < 1.29 is 4.79 Å². The summed E-state index contributed by atoms with van der Waals surface area (Å²) in [6.07, 6.45) is 11.2. The van der Waals surface area contributed by atoms with Gasteiger partial charge in [0.25, 0.3) is 0 Å². The number of nitrogens with two attached hydrogens (primary N) is 1. The molecule has 5 N–H and O–H groups in total. The Labute approximate surface area is 156 Å². The molecule has 1 aromatic carbocycles. The van der Waals surface area contributed by atoms with E-state index in [9.17, 15) is 4.79 Å². The van der Waals surface area contributed by atoms with E-state index in [1.807, 2.05) is 37.5 Å². The molecule has 0 aliphatic carbocycles. The van der Waals surface area contributed by atoms with Gasteiger partial charge in [-0.25, -0.2) is 4.98 Å². The number of rotatable bonds is 11. The van der Waals surface area contributed by atoms with Gasteiger partial charge < -0.3 is 21.4 Å². The lowest BCUT2D eigenvalue weighted by Gasteiger charge is -2.01. The minimum absolute atomic E-state index is 0.741. The zero-order chi connectivity index (χ0) is 18.9. The first-order chi connectivity index (χ1) is 12.8. The summed E-state index contributed by atoms with van der Waals surface area (Å²) in [7, 11) is 0. The molecule has 26 heavy (non-hydrogen) atoms. The number of allylic oxidation sites excluding steroid dienone is 1. The Kier molecular flexibility index (Phi) is 11.9. The van der Waals surface area contributed by atoms with Gasteiger partial charge in [0.05, 0.1) is 6.33 Å². The summed E-state index contributed by atoms with van der Waals surface area (Å²) >= 11 is 0. The first-order valence-corrected chi connectivity index (χ1v) is 9.12. The number of hydrogen-bond donors (Lipinski definition) is 4. The smallest absolute Gasteiger partial charge is 0.207 e. The lowest BCUT2D eigenvalue weighted by molar-refractivity contribution is -0.109. The number of aromatic nitrogens is 2. The number of aryl methyl sites for hydroxylation is 2. The molecule has 0 fully saturated rings. The van der Waals surface area contributed by atoms with Crippen LogP contribution in [0.15, 0.2) is 54.8 Å². The maximum absolute atomic E-state index is 9.91. The Hall–Kier alpha value is -2.76. The molecule has 1 heterocycles. The maximum Gasteiger partial charge on any atom is 0.207 e. The van der Waals surface area contributed by atoms with E-state index in [1.54, 1.807) is 6.33 Å². The van der Waals surface area contributed by atoms with Crippen molar-refractivity contribution in [2.45, 2.75) is 39.0 Å². The Morgan fingerprint density at radius 1 is 1.19 bits per heavy atom. The fourth-order valence-corrected chi connectivity index (χ4v) is 2.31. The molecule has 0 saturated heterocycles. The standard InChI is InChI=1S/C10H18N4.C10H13NO/c1-2-12-6-9(11)4-3-5-10-7-13-8-14-10;12-9-11-8-4-7-10-5-2-1-3-6-10/h6-8,12H,2-5,11H2,1H3,(H,13,14);1-3,5-6,9H,4,7-8H2,(H,11,12)/b9-6-;. The Morgan fingerprint density at radius 2 is 2.00 bits per heavy atom. The molecule has 0 atom stereocenters. The monoisotopic (exact) mass is 357 g/mol. The fourth-order valence-electron chi connectivity index (χ4n) is 2.31. The van der Waals surface area contributed by atoms with Gasteiger partial charge in [0.15, 0.2) is 0 Å². The molecule has 1 aromatic heterocycles. The average molecular weight is 358 g/mol. The summed E-state index contributed by atoms with van der Waals surface area (Å²) < 4.78 is 0. The molecule has 2 aromatic rings. The molecule has 142 valence electrons. The summed E-state index contributed by atoms with van der Waals surface area (Å²) in [5.74, 6) is 0. The maximum atomic E-state index is 9.91. The van der Waals surface area contributed by atoms with Crippen LogP contribution in [-0.4, -0.2) is 29.5 Å². The predicted octanol–water partition coefficient (Wildman–Crippen LogP) is 2.51. The van der Waals surface area contributed by atoms with Crippen molar-refractivity contribution in [2.75, 3.05) is 13.1 Å². The van der Waals surface area contributed by atoms with Crippen LogP contribution >= 0.6 is 0 Å². The molecular weight excluding hydrogens is 326 g/mol. The highest BCUT2D eigenvalue weighted by Crippen LogP contribution is 2.03. The molecule has 0 aliphatic rings. The summed E-state index contributed by atoms with van der Waals surface area (Å²) in [6.45, 7) is 3.73. The molecule has 0 aliphatic heterocycles. The van der Waals surface area contributed by atoms with Gasteiger partial charge in [-0.1, -0.05) is 30.3 Å². The minimum Gasteiger partial charge on any atom is -0.401 e. The van der Waals surface area contributed by atoms with E-state index in [1.165, 1.54) is 11.3 Å². The summed E-state index contributed by atoms with van der Waals surface area (Å²) in [6, 6.07) is 10.3. The molecule has 0 radical (unpaired) electrons. The van der Waals surface area contributed by atoms with Gasteiger partial charge >= 0.3 is 0 Å². The molecule has 0 bridgehead atoms. The van der Waals surface area contributed by atoms with E-state index in [0.717, 1.165) is 57.3 Å². The van der Waals surface area contributed by atoms with E-state index >= 15 is 0 Å². The topological polar surface area (TPSA) is 95.8 Å². The first kappa shape index (κ1) is 21.3. The van der Waals surface area contributed by atoms with Crippen LogP contribution in [0, 0.1) is 0 Å². The number of carbonyl (C=O) groups is 1. The molecule has 6 heteroatoms. The highest BCUT2D eigenvalue weighted by molar-refractivity contribution is 5.45. The third-order valence-corrected chi connectivity index (χ3v) is 3.67. The van der Waals surface area contributed by atoms with Crippen LogP contribution in [0.5, 0.6) is 0 Å². The van der Waals surface area contributed by atoms with Gasteiger partial charge in [-0.05, 0) is 44.6 Å². The molecule has 0 spiro atoms. The summed E-state index contributed by atoms with van der Waals surface area (Å²) in [5, 5.41) is 5.72. The second kappa shape index (κ2) is 14.6. The number of amides is 1. The van der Waals surface area contributed by atoms with Crippen molar-refractivity contribution >= 4 is 6.41 Å². The number of hydrogen-bond acceptors (Lipinski definition) is 4. The van der Waals surface area contributed by atoms with Crippen LogP contribution in [-0.2, 0) is 17.6 Å². The predicted molar refractivity (Wildman–Crippen MR) is 106 cm³/mol. The van der Waals surface area contributed by atoms with Crippen molar-refractivity contribution in [3.63, 3.8) is 0 Å². The van der Waals surface area contributed by atoms with E-state index in [-0.39, 0.29) is 0 Å². The molecule has 0 saturated carbocycles. The average Bonchev–Trinajstić information content (AvgIpc) is 3.18. The van der Waals surface area contributed by atoms with Gasteiger partial charge in [0, 0.05) is 36.9 Å². The Morgan fingerprint density at radius 3 is 2.65 bits per heavy atom. The fraction of sp³-hybridized carbons (Fsp3) is 0.400. The van der Waals surface area contributed by atoms with Crippen LogP contribution in [0.3, 0.4) is 0 Å². The number of nitrogens with one attached hydrogen (secondary N) is 3. The van der Waals surface area contributed by atoms with E-state index < -0.39 is 0 Å². The van der Waals surface area contributed by atoms with E-state index in [2.05, 4.69) is 32.7 Å². The first-order valence-electron chi connectivity index (χ1n) is 9.12. The molecule has 1 amide bonds. The zero-order valence-electron chi connectivity index (χ0n) is 15.6. The lowest BCUT2D eigenvalue weighted by atomic mass is 10.1. The van der Waals surface area contributed by atoms with Crippen molar-refractivity contribution in [1.29, 1.82) is 0 Å². The van der Waals surface area contributed by atoms with Crippen LogP contribution in [0.4, 0.5) is 0 Å². The summed E-state index contributed by atoms with van der Waals surface area (Å²) in [4.78, 5) is 16.9. The normalized spacial score (nSPS) is 10.6. The number of nitrogens with zero attached hydrogens (tertiary/aromatic N) is 1. The van der Waals surface area contributed by atoms with Gasteiger partial charge in [-0.15, -0.1) is 0 Å². The van der Waals surface area contributed by atoms with Crippen molar-refractivity contribution in [2.24, 2.45) is 5.73 Å². The number of benzene rings is 1. The van der Waals surface area contributed by atoms with E-state index in [4.69, 9.17) is 5.73 Å². The highest BCUT2D eigenvalue weighted by Gasteiger charge is 1.95. The number of imidazole rings is 1. The molecule has 0 unspecified atom stereocenters. The van der Waals surface area contributed by atoms with Crippen molar-refractivity contribution in [3.8, 4) is 0 Å². The van der Waals surface area contributed by atoms with Crippen LogP contribution < -0.4 is 16.4 Å². The Balaban J connectivity index is 0.000000263. The van der Waals surface area contributed by atoms with E-state index in [0.29, 0.717) is 0 Å². The van der Waals surface area contributed by atoms with Gasteiger partial charge in [0.2, 0.25) is 6.41 Å². The largest absolute Gasteiger partial charge is 0.401 e. The number of carbonyl (C=O) groups excluding carboxylic acids is 1. The quantitative estimate of drug-likeness (QED) is 0.367. The van der Waals surface area contributed by atoms with Crippen LogP contribution in [0.25, 0.3) is 0 Å². The number of aromatic amines is 1. The zero-order valence-corrected chi connectivity index (χ0v) is 15.6. The Bertz CT molecular complexity index is 596. The van der Waals surface area contributed by atoms with Crippen molar-refractivity contribution in [3.05, 3.63) is 66.0 Å². The van der Waals surface area contributed by atoms with Gasteiger partial charge in [0.1, 0.15) is 0 Å². The van der Waals surface area contributed by atoms with Crippen molar-refractivity contribution in [1.82, 2.24) is 20.6 Å². The highest BCUT2D eigenvalue weighted by atomic mass is 16.1. The van der Waals surface area contributed by atoms with Gasteiger partial charge in [-0.3, -0.25) is 4.79 Å². The SMILES string of the molecule is CCN/C=C(\N)CCCc1cnc[nH]1.O=CNCCCc1ccccc1. The summed E-state index contributed by atoms with van der Waals surface area (Å²) in [5.41, 5.74) is 9.17. The third-order valence-electron chi connectivity index (χ3n) is 3.67. The van der Waals surface area contributed by atoms with Crippen LogP contribution in [0.1, 0.15) is 37.4 Å².